The van der Waals surface area contributed by atoms with Gasteiger partial charge in [0.2, 0.25) is 0 Å². The first-order valence-electron chi connectivity index (χ1n) is 5.71. The van der Waals surface area contributed by atoms with E-state index < -0.39 is 0 Å². The summed E-state index contributed by atoms with van der Waals surface area (Å²) in [5.41, 5.74) is 14.8. The molecule has 0 spiro atoms. The molecule has 5 heteroatoms. The highest BCUT2D eigenvalue weighted by atomic mass is 16.4. The van der Waals surface area contributed by atoms with Crippen LogP contribution in [0.1, 0.15) is 18.1 Å². The number of hydrogen-bond acceptors (Lipinski definition) is 4. The van der Waals surface area contributed by atoms with E-state index in [-0.39, 0.29) is 11.5 Å². The number of nitrogens with zero attached hydrogens (tertiary/aromatic N) is 2. The number of aryl methyl sites for hydroxylation is 1. The summed E-state index contributed by atoms with van der Waals surface area (Å²) in [7, 11) is 0. The van der Waals surface area contributed by atoms with Gasteiger partial charge in [-0.25, -0.2) is 0 Å². The topological polar surface area (TPSA) is 97.0 Å². The molecule has 1 aromatic rings. The van der Waals surface area contributed by atoms with Crippen molar-refractivity contribution in [2.45, 2.75) is 13.8 Å². The maximum Gasteiger partial charge on any atom is 0.188 e. The highest BCUT2D eigenvalue weighted by Crippen LogP contribution is 2.14. The lowest BCUT2D eigenvalue weighted by Crippen LogP contribution is -2.23. The molecule has 0 saturated heterocycles. The van der Waals surface area contributed by atoms with Gasteiger partial charge >= 0.3 is 0 Å². The molecule has 5 nitrogen and oxygen atoms in total. The van der Waals surface area contributed by atoms with E-state index in [9.17, 15) is 0 Å². The third-order valence-electron chi connectivity index (χ3n) is 2.43. The Morgan fingerprint density at radius 3 is 2.47 bits per heavy atom. The molecule has 5 N–H and O–H groups in total. The van der Waals surface area contributed by atoms with Gasteiger partial charge in [0.25, 0.3) is 0 Å². The summed E-state index contributed by atoms with van der Waals surface area (Å²) in [6.07, 6.45) is 1.56. The van der Waals surface area contributed by atoms with Crippen molar-refractivity contribution in [1.82, 2.24) is 0 Å². The summed E-state index contributed by atoms with van der Waals surface area (Å²) < 4.78 is 0. The van der Waals surface area contributed by atoms with Crippen LogP contribution in [0.15, 0.2) is 52.8 Å². The zero-order valence-electron chi connectivity index (χ0n) is 11.1. The molecule has 0 aliphatic heterocycles. The van der Waals surface area contributed by atoms with Gasteiger partial charge in [0.15, 0.2) is 5.84 Å². The molecule has 100 valence electrons. The van der Waals surface area contributed by atoms with Crippen molar-refractivity contribution in [1.29, 1.82) is 0 Å². The van der Waals surface area contributed by atoms with Gasteiger partial charge in [-0.05, 0) is 25.5 Å². The van der Waals surface area contributed by atoms with Gasteiger partial charge in [-0.1, -0.05) is 36.0 Å². The first-order chi connectivity index (χ1) is 8.95. The van der Waals surface area contributed by atoms with E-state index in [4.69, 9.17) is 16.7 Å². The predicted octanol–water partition coefficient (Wildman–Crippen LogP) is 2.02. The molecule has 0 saturated carbocycles. The van der Waals surface area contributed by atoms with Crippen LogP contribution in [-0.2, 0) is 0 Å². The molecule has 0 aromatic heterocycles. The van der Waals surface area contributed by atoms with Crippen molar-refractivity contribution in [2.24, 2.45) is 21.6 Å². The Bertz CT molecular complexity index is 571. The molecule has 19 heavy (non-hydrogen) atoms. The Labute approximate surface area is 112 Å². The first kappa shape index (κ1) is 14.5. The third kappa shape index (κ3) is 3.99. The number of allylic oxidation sites excluding steroid dienone is 1. The Morgan fingerprint density at radius 1 is 1.32 bits per heavy atom. The van der Waals surface area contributed by atoms with E-state index in [2.05, 4.69) is 16.7 Å². The summed E-state index contributed by atoms with van der Waals surface area (Å²) in [5.74, 6) is -0.112. The molecule has 0 fully saturated rings. The number of aliphatic imine (C=N–C) groups is 1. The second-order valence-corrected chi connectivity index (χ2v) is 4.13. The molecular weight excluding hydrogens is 240 g/mol. The zero-order chi connectivity index (χ0) is 14.4. The fraction of sp³-hybridized carbons (Fsp3) is 0.143. The quantitative estimate of drug-likeness (QED) is 0.333. The van der Waals surface area contributed by atoms with Gasteiger partial charge in [-0.3, -0.25) is 4.99 Å². The van der Waals surface area contributed by atoms with Crippen LogP contribution in [0, 0.1) is 6.92 Å². The van der Waals surface area contributed by atoms with E-state index in [0.717, 1.165) is 11.1 Å². The van der Waals surface area contributed by atoms with Crippen molar-refractivity contribution in [3.8, 4) is 0 Å². The standard InChI is InChI=1S/C14H18N4O/c1-9(2)17-13(14(16)18-19)8-12(15)11-7-5-4-6-10(11)3/h4-8,19H,1,15H2,2-3H3,(H2,16,18)/b12-8-,17-13?. The number of hydrogen-bond donors (Lipinski definition) is 3. The number of oxime groups is 1. The second kappa shape index (κ2) is 6.39. The Balaban J connectivity index is 3.24. The number of amidine groups is 1. The molecule has 0 atom stereocenters. The molecule has 0 heterocycles. The van der Waals surface area contributed by atoms with Crippen molar-refractivity contribution in [2.75, 3.05) is 0 Å². The summed E-state index contributed by atoms with van der Waals surface area (Å²) in [6, 6.07) is 7.67. The molecule has 0 bridgehead atoms. The molecule has 0 amide bonds. The molecule has 0 radical (unpaired) electrons. The normalized spacial score (nSPS) is 13.5. The summed E-state index contributed by atoms with van der Waals surface area (Å²) in [5, 5.41) is 11.7. The average Bonchev–Trinajstić information content (AvgIpc) is 2.36. The van der Waals surface area contributed by atoms with Crippen LogP contribution in [0.5, 0.6) is 0 Å². The van der Waals surface area contributed by atoms with Crippen LogP contribution in [0.3, 0.4) is 0 Å². The van der Waals surface area contributed by atoms with Crippen LogP contribution in [0.4, 0.5) is 0 Å². The molecule has 1 rings (SSSR count). The van der Waals surface area contributed by atoms with E-state index in [1.54, 1.807) is 13.0 Å². The summed E-state index contributed by atoms with van der Waals surface area (Å²) >= 11 is 0. The lowest BCUT2D eigenvalue weighted by molar-refractivity contribution is 0.319. The van der Waals surface area contributed by atoms with Gasteiger partial charge < -0.3 is 16.7 Å². The minimum atomic E-state index is -0.112. The molecule has 0 aliphatic rings. The number of rotatable bonds is 4. The summed E-state index contributed by atoms with van der Waals surface area (Å²) in [4.78, 5) is 4.09. The van der Waals surface area contributed by atoms with Gasteiger partial charge in [-0.2, -0.15) is 0 Å². The van der Waals surface area contributed by atoms with Gasteiger partial charge in [0.05, 0.1) is 0 Å². The second-order valence-electron chi connectivity index (χ2n) is 4.13. The fourth-order valence-electron chi connectivity index (χ4n) is 1.54. The van der Waals surface area contributed by atoms with Crippen LogP contribution >= 0.6 is 0 Å². The highest BCUT2D eigenvalue weighted by molar-refractivity contribution is 6.46. The monoisotopic (exact) mass is 258 g/mol. The third-order valence-corrected chi connectivity index (χ3v) is 2.43. The van der Waals surface area contributed by atoms with E-state index in [1.807, 2.05) is 31.2 Å². The minimum Gasteiger partial charge on any atom is -0.409 e. The lowest BCUT2D eigenvalue weighted by Gasteiger charge is -2.07. The van der Waals surface area contributed by atoms with Gasteiger partial charge in [-0.15, -0.1) is 0 Å². The minimum absolute atomic E-state index is 0.112. The van der Waals surface area contributed by atoms with Crippen LogP contribution < -0.4 is 11.5 Å². The first-order valence-corrected chi connectivity index (χ1v) is 5.71. The summed E-state index contributed by atoms with van der Waals surface area (Å²) in [6.45, 7) is 7.32. The van der Waals surface area contributed by atoms with Crippen molar-refractivity contribution in [3.63, 3.8) is 0 Å². The molecular formula is C14H18N4O. The zero-order valence-corrected chi connectivity index (χ0v) is 11.1. The molecule has 0 unspecified atom stereocenters. The predicted molar refractivity (Wildman–Crippen MR) is 79.0 cm³/mol. The highest BCUT2D eigenvalue weighted by Gasteiger charge is 2.06. The van der Waals surface area contributed by atoms with E-state index in [0.29, 0.717) is 11.4 Å². The maximum absolute atomic E-state index is 8.74. The van der Waals surface area contributed by atoms with E-state index in [1.165, 1.54) is 0 Å². The van der Waals surface area contributed by atoms with Crippen molar-refractivity contribution < 1.29 is 5.21 Å². The van der Waals surface area contributed by atoms with Crippen LogP contribution in [0.2, 0.25) is 0 Å². The van der Waals surface area contributed by atoms with Gasteiger partial charge in [0, 0.05) is 17.0 Å². The van der Waals surface area contributed by atoms with Crippen molar-refractivity contribution >= 4 is 17.2 Å². The Kier molecular flexibility index (Phi) is 4.88. The maximum atomic E-state index is 8.74. The smallest absolute Gasteiger partial charge is 0.188 e. The lowest BCUT2D eigenvalue weighted by atomic mass is 10.0. The fourth-order valence-corrected chi connectivity index (χ4v) is 1.54. The molecule has 0 aliphatic carbocycles. The molecule has 1 aromatic carbocycles. The van der Waals surface area contributed by atoms with Gasteiger partial charge in [0.1, 0.15) is 5.71 Å². The van der Waals surface area contributed by atoms with Crippen LogP contribution in [-0.4, -0.2) is 16.8 Å². The van der Waals surface area contributed by atoms with Crippen molar-refractivity contribution in [3.05, 3.63) is 53.7 Å². The SMILES string of the molecule is C=C(C)N=C(/C=C(\N)c1ccccc1C)/C(N)=N/O. The Hall–Kier alpha value is -2.56. The Morgan fingerprint density at radius 2 is 1.95 bits per heavy atom. The number of nitrogens with two attached hydrogens (primary N) is 2. The number of benzene rings is 1. The van der Waals surface area contributed by atoms with E-state index >= 15 is 0 Å². The average molecular weight is 258 g/mol. The largest absolute Gasteiger partial charge is 0.409 e. The van der Waals surface area contributed by atoms with Crippen LogP contribution in [0.25, 0.3) is 5.70 Å².